The maximum Gasteiger partial charge on any atom is 0.139 e. The summed E-state index contributed by atoms with van der Waals surface area (Å²) in [6.07, 6.45) is 7.09. The lowest BCUT2D eigenvalue weighted by atomic mass is 9.98. The summed E-state index contributed by atoms with van der Waals surface area (Å²) in [5, 5.41) is 1.88. The first-order valence-electron chi connectivity index (χ1n) is 10.1. The third-order valence-corrected chi connectivity index (χ3v) is 6.80. The zero-order valence-electron chi connectivity index (χ0n) is 17.6. The predicted molar refractivity (Wildman–Crippen MR) is 126 cm³/mol. The van der Waals surface area contributed by atoms with Gasteiger partial charge in [0.1, 0.15) is 16.6 Å². The number of pyridine rings is 1. The lowest BCUT2D eigenvalue weighted by molar-refractivity contribution is 0.353. The van der Waals surface area contributed by atoms with Gasteiger partial charge in [-0.1, -0.05) is 35.4 Å². The van der Waals surface area contributed by atoms with Crippen LogP contribution >= 0.6 is 23.2 Å². The molecule has 0 saturated carbocycles. The molecule has 3 heterocycles. The molecular weight excluding hydrogens is 419 g/mol. The summed E-state index contributed by atoms with van der Waals surface area (Å²) in [4.78, 5) is 13.7. The fraction of sp³-hybridized carbons (Fsp3) is 0.391. The van der Waals surface area contributed by atoms with E-state index in [0.717, 1.165) is 49.3 Å². The summed E-state index contributed by atoms with van der Waals surface area (Å²) in [5.74, 6) is 1.99. The monoisotopic (exact) mass is 444 g/mol. The zero-order chi connectivity index (χ0) is 21.4. The Morgan fingerprint density at radius 2 is 2.07 bits per heavy atom. The van der Waals surface area contributed by atoms with Crippen LogP contribution in [0.3, 0.4) is 0 Å². The van der Waals surface area contributed by atoms with Gasteiger partial charge >= 0.3 is 0 Å². The van der Waals surface area contributed by atoms with Crippen LogP contribution in [0, 0.1) is 5.92 Å². The van der Waals surface area contributed by atoms with E-state index in [9.17, 15) is 0 Å². The summed E-state index contributed by atoms with van der Waals surface area (Å²) in [5.41, 5.74) is 4.47. The van der Waals surface area contributed by atoms with Gasteiger partial charge in [-0.05, 0) is 44.3 Å². The number of benzene rings is 1. The van der Waals surface area contributed by atoms with E-state index in [1.807, 2.05) is 19.2 Å². The first kappa shape index (κ1) is 21.2. The molecule has 7 heteroatoms. The number of nitrogens with zero attached hydrogens (tertiary/aromatic N) is 4. The molecule has 1 aromatic heterocycles. The molecule has 2 aliphatic heterocycles. The maximum absolute atomic E-state index is 6.64. The number of methoxy groups -OCH3 is 1. The number of allylic oxidation sites excluding steroid dienone is 2. The molecule has 0 bridgehead atoms. The highest BCUT2D eigenvalue weighted by molar-refractivity contribution is 6.46. The van der Waals surface area contributed by atoms with E-state index >= 15 is 0 Å². The van der Waals surface area contributed by atoms with Crippen LogP contribution in [0.25, 0.3) is 10.9 Å². The number of anilines is 1. The molecule has 1 aromatic carbocycles. The number of fused-ring (bicyclic) bond motifs is 3. The number of rotatable bonds is 5. The Morgan fingerprint density at radius 1 is 1.30 bits per heavy atom. The van der Waals surface area contributed by atoms with Crippen LogP contribution in [0.1, 0.15) is 24.5 Å². The molecule has 0 aliphatic carbocycles. The average molecular weight is 445 g/mol. The number of hydrogen-bond acceptors (Lipinski definition) is 5. The molecule has 30 heavy (non-hydrogen) atoms. The van der Waals surface area contributed by atoms with Crippen LogP contribution in [-0.2, 0) is 13.1 Å². The van der Waals surface area contributed by atoms with Crippen LogP contribution in [0.5, 0.6) is 5.75 Å². The highest BCUT2D eigenvalue weighted by Crippen LogP contribution is 2.44. The van der Waals surface area contributed by atoms with Crippen molar-refractivity contribution in [3.8, 4) is 5.75 Å². The van der Waals surface area contributed by atoms with E-state index in [1.165, 1.54) is 16.7 Å². The zero-order valence-corrected chi connectivity index (χ0v) is 19.1. The minimum atomic E-state index is 0.397. The number of aliphatic imine (C=N–C) groups is 1. The summed E-state index contributed by atoms with van der Waals surface area (Å²) in [6.45, 7) is 9.19. The molecule has 158 valence electrons. The van der Waals surface area contributed by atoms with Gasteiger partial charge in [-0.25, -0.2) is 4.98 Å². The van der Waals surface area contributed by atoms with Crippen molar-refractivity contribution in [1.29, 1.82) is 0 Å². The number of aromatic nitrogens is 1. The average Bonchev–Trinajstić information content (AvgIpc) is 3.36. The molecule has 1 unspecified atom stereocenters. The smallest absolute Gasteiger partial charge is 0.139 e. The Bertz CT molecular complexity index is 1060. The van der Waals surface area contributed by atoms with Crippen molar-refractivity contribution in [1.82, 2.24) is 9.88 Å². The summed E-state index contributed by atoms with van der Waals surface area (Å²) < 4.78 is 5.44. The second kappa shape index (κ2) is 8.58. The minimum Gasteiger partial charge on any atom is -0.495 e. The van der Waals surface area contributed by atoms with Crippen LogP contribution in [-0.4, -0.2) is 43.8 Å². The lowest BCUT2D eigenvalue weighted by Crippen LogP contribution is -2.23. The Labute approximate surface area is 187 Å². The molecule has 4 rings (SSSR count). The molecule has 5 nitrogen and oxygen atoms in total. The summed E-state index contributed by atoms with van der Waals surface area (Å²) in [6, 6.07) is 1.97. The topological polar surface area (TPSA) is 41.0 Å². The molecule has 2 aliphatic rings. The minimum absolute atomic E-state index is 0.397. The molecule has 0 spiro atoms. The fourth-order valence-corrected chi connectivity index (χ4v) is 5.02. The van der Waals surface area contributed by atoms with E-state index < -0.39 is 0 Å². The van der Waals surface area contributed by atoms with Crippen LogP contribution in [0.2, 0.25) is 10.0 Å². The van der Waals surface area contributed by atoms with Crippen molar-refractivity contribution < 1.29 is 4.74 Å². The quantitative estimate of drug-likeness (QED) is 0.451. The second-order valence-corrected chi connectivity index (χ2v) is 8.67. The highest BCUT2D eigenvalue weighted by atomic mass is 35.5. The molecule has 0 radical (unpaired) electrons. The Hall–Kier alpha value is -2.08. The lowest BCUT2D eigenvalue weighted by Gasteiger charge is -2.22. The predicted octanol–water partition coefficient (Wildman–Crippen LogP) is 5.48. The van der Waals surface area contributed by atoms with Crippen LogP contribution in [0.4, 0.5) is 5.82 Å². The van der Waals surface area contributed by atoms with Gasteiger partial charge in [0.05, 0.1) is 17.6 Å². The Morgan fingerprint density at radius 3 is 2.77 bits per heavy atom. The molecule has 0 amide bonds. The SMILES string of the molecule is C=N/C=C(\C=C/C)C1CCN(c2nc3c(Cl)c(Cl)c(OC)cc3c3c2CN(C)C3)C1. The van der Waals surface area contributed by atoms with Gasteiger partial charge in [-0.15, -0.1) is 0 Å². The van der Waals surface area contributed by atoms with Gasteiger partial charge in [0.2, 0.25) is 0 Å². The van der Waals surface area contributed by atoms with Crippen molar-refractivity contribution in [2.24, 2.45) is 10.9 Å². The van der Waals surface area contributed by atoms with Gasteiger partial charge in [-0.2, -0.15) is 0 Å². The van der Waals surface area contributed by atoms with Crippen molar-refractivity contribution in [2.45, 2.75) is 26.4 Å². The van der Waals surface area contributed by atoms with Gasteiger partial charge < -0.3 is 9.64 Å². The van der Waals surface area contributed by atoms with Gasteiger partial charge in [0, 0.05) is 49.2 Å². The Balaban J connectivity index is 1.81. The van der Waals surface area contributed by atoms with Crippen molar-refractivity contribution >= 4 is 46.6 Å². The number of halogens is 2. The normalized spacial score (nSPS) is 19.8. The van der Waals surface area contributed by atoms with Crippen molar-refractivity contribution in [3.05, 3.63) is 51.2 Å². The fourth-order valence-electron chi connectivity index (χ4n) is 4.56. The number of hydrogen-bond donors (Lipinski definition) is 0. The van der Waals surface area contributed by atoms with E-state index in [4.69, 9.17) is 32.9 Å². The second-order valence-electron chi connectivity index (χ2n) is 7.91. The van der Waals surface area contributed by atoms with E-state index in [1.54, 1.807) is 7.11 Å². The van der Waals surface area contributed by atoms with Gasteiger partial charge in [0.15, 0.2) is 0 Å². The first-order valence-corrected chi connectivity index (χ1v) is 10.8. The van der Waals surface area contributed by atoms with Crippen LogP contribution < -0.4 is 9.64 Å². The standard InChI is InChI=1S/C23H26Cl2N4O/c1-5-6-14(10-26-2)15-7-8-29(11-15)23-18-13-28(3)12-17(18)16-9-19(30-4)20(24)21(25)22(16)27-23/h5-6,9-10,15H,2,7-8,11-13H2,1,3-4H3/b6-5-,14-10+. The Kier molecular flexibility index (Phi) is 6.05. The molecular formula is C23H26Cl2N4O. The third kappa shape index (κ3) is 3.59. The highest BCUT2D eigenvalue weighted by Gasteiger charge is 2.32. The molecule has 1 fully saturated rings. The summed E-state index contributed by atoms with van der Waals surface area (Å²) >= 11 is 13.1. The van der Waals surface area contributed by atoms with Gasteiger partial charge in [0.25, 0.3) is 0 Å². The van der Waals surface area contributed by atoms with E-state index in [2.05, 4.69) is 40.7 Å². The van der Waals surface area contributed by atoms with Crippen molar-refractivity contribution in [3.63, 3.8) is 0 Å². The van der Waals surface area contributed by atoms with Gasteiger partial charge in [-0.3, -0.25) is 9.89 Å². The largest absolute Gasteiger partial charge is 0.495 e. The molecule has 1 saturated heterocycles. The third-order valence-electron chi connectivity index (χ3n) is 5.96. The molecule has 2 aromatic rings. The number of ether oxygens (including phenoxy) is 1. The molecule has 1 atom stereocenters. The first-order chi connectivity index (χ1) is 14.5. The van der Waals surface area contributed by atoms with E-state index in [-0.39, 0.29) is 0 Å². The van der Waals surface area contributed by atoms with E-state index in [0.29, 0.717) is 21.7 Å². The summed E-state index contributed by atoms with van der Waals surface area (Å²) in [7, 11) is 3.73. The molecule has 0 N–H and O–H groups in total. The van der Waals surface area contributed by atoms with Crippen LogP contribution in [0.15, 0.2) is 35.0 Å². The maximum atomic E-state index is 6.64. The van der Waals surface area contributed by atoms with Crippen molar-refractivity contribution in [2.75, 3.05) is 32.1 Å².